The fourth-order valence-corrected chi connectivity index (χ4v) is 2.69. The van der Waals surface area contributed by atoms with Gasteiger partial charge < -0.3 is 15.5 Å². The first-order valence-corrected chi connectivity index (χ1v) is 7.23. The Morgan fingerprint density at radius 3 is 2.63 bits per heavy atom. The van der Waals surface area contributed by atoms with Crippen molar-refractivity contribution in [1.29, 1.82) is 0 Å². The number of hydrogen-bond donors (Lipinski definition) is 1. The number of rotatable bonds is 4. The van der Waals surface area contributed by atoms with Gasteiger partial charge in [-0.2, -0.15) is 0 Å². The van der Waals surface area contributed by atoms with Crippen molar-refractivity contribution in [3.8, 4) is 0 Å². The molecule has 1 aliphatic heterocycles. The van der Waals surface area contributed by atoms with Crippen LogP contribution in [0.4, 0.5) is 5.69 Å². The van der Waals surface area contributed by atoms with Crippen molar-refractivity contribution >= 4 is 22.9 Å². The Bertz CT molecular complexity index is 424. The van der Waals surface area contributed by atoms with Gasteiger partial charge in [0.25, 0.3) is 0 Å². The van der Waals surface area contributed by atoms with Gasteiger partial charge in [-0.15, -0.1) is 0 Å². The molecule has 0 radical (unpaired) electrons. The quantitative estimate of drug-likeness (QED) is 0.848. The topological polar surface area (TPSA) is 45.4 Å². The lowest BCUT2D eigenvalue weighted by Gasteiger charge is -2.37. The Morgan fingerprint density at radius 1 is 1.47 bits per heavy atom. The Hall–Kier alpha value is -1.20. The number of nitrogens with two attached hydrogens (primary N) is 1. The summed E-state index contributed by atoms with van der Waals surface area (Å²) >= 11 is 4.92. The summed E-state index contributed by atoms with van der Waals surface area (Å²) in [5, 5.41) is 0. The van der Waals surface area contributed by atoms with Gasteiger partial charge in [-0.05, 0) is 31.5 Å². The summed E-state index contributed by atoms with van der Waals surface area (Å²) in [5.74, 6) is 0. The average molecular weight is 278 g/mol. The van der Waals surface area contributed by atoms with Crippen molar-refractivity contribution in [2.45, 2.75) is 25.8 Å². The van der Waals surface area contributed by atoms with Crippen LogP contribution >= 0.6 is 12.2 Å². The lowest BCUT2D eigenvalue weighted by Crippen LogP contribution is -2.43. The first-order valence-electron chi connectivity index (χ1n) is 6.83. The van der Waals surface area contributed by atoms with Crippen molar-refractivity contribution < 1.29 is 0 Å². The van der Waals surface area contributed by atoms with Crippen LogP contribution in [0.25, 0.3) is 0 Å². The van der Waals surface area contributed by atoms with Crippen LogP contribution in [0, 0.1) is 0 Å². The standard InChI is InChI=1S/C14H22N4S/c1-3-18-8-6-11(7-9-18)17(2)12-4-5-13(14(15)19)16-10-12/h4-5,10-11H,3,6-9H2,1-2H3,(H2,15,19). The van der Waals surface area contributed by atoms with Gasteiger partial charge in [0, 0.05) is 26.2 Å². The number of thiocarbonyl (C=S) groups is 1. The molecule has 2 N–H and O–H groups in total. The molecule has 1 fully saturated rings. The molecule has 0 amide bonds. The van der Waals surface area contributed by atoms with Crippen LogP contribution in [0.1, 0.15) is 25.5 Å². The van der Waals surface area contributed by atoms with Crippen LogP contribution in [0.2, 0.25) is 0 Å². The van der Waals surface area contributed by atoms with Gasteiger partial charge in [0.2, 0.25) is 0 Å². The van der Waals surface area contributed by atoms with E-state index in [-0.39, 0.29) is 0 Å². The molecule has 1 aromatic heterocycles. The van der Waals surface area contributed by atoms with Crippen molar-refractivity contribution in [2.75, 3.05) is 31.6 Å². The van der Waals surface area contributed by atoms with Gasteiger partial charge in [-0.3, -0.25) is 4.98 Å². The van der Waals surface area contributed by atoms with E-state index in [2.05, 4.69) is 28.8 Å². The van der Waals surface area contributed by atoms with E-state index in [4.69, 9.17) is 18.0 Å². The van der Waals surface area contributed by atoms with Gasteiger partial charge >= 0.3 is 0 Å². The molecule has 1 aromatic rings. The van der Waals surface area contributed by atoms with E-state index in [0.29, 0.717) is 16.7 Å². The second-order valence-corrected chi connectivity index (χ2v) is 5.48. The monoisotopic (exact) mass is 278 g/mol. The van der Waals surface area contributed by atoms with Crippen LogP contribution < -0.4 is 10.6 Å². The number of nitrogens with zero attached hydrogens (tertiary/aromatic N) is 3. The van der Waals surface area contributed by atoms with E-state index in [0.717, 1.165) is 12.2 Å². The summed E-state index contributed by atoms with van der Waals surface area (Å²) in [5.41, 5.74) is 7.39. The van der Waals surface area contributed by atoms with E-state index in [9.17, 15) is 0 Å². The SMILES string of the molecule is CCN1CCC(N(C)c2ccc(C(N)=S)nc2)CC1. The second-order valence-electron chi connectivity index (χ2n) is 5.04. The number of anilines is 1. The molecule has 0 bridgehead atoms. The minimum atomic E-state index is 0.352. The summed E-state index contributed by atoms with van der Waals surface area (Å²) in [4.78, 5) is 9.48. The van der Waals surface area contributed by atoms with E-state index in [1.807, 2.05) is 18.3 Å². The minimum absolute atomic E-state index is 0.352. The lowest BCUT2D eigenvalue weighted by molar-refractivity contribution is 0.221. The predicted molar refractivity (Wildman–Crippen MR) is 83.7 cm³/mol. The number of pyridine rings is 1. The molecule has 0 aliphatic carbocycles. The number of hydrogen-bond acceptors (Lipinski definition) is 4. The second kappa shape index (κ2) is 6.30. The first-order chi connectivity index (χ1) is 9.11. The van der Waals surface area contributed by atoms with Crippen LogP contribution in [0.15, 0.2) is 18.3 Å². The molecule has 5 heteroatoms. The number of aromatic nitrogens is 1. The Labute approximate surface area is 120 Å². The first kappa shape index (κ1) is 14.2. The molecule has 0 spiro atoms. The highest BCUT2D eigenvalue weighted by molar-refractivity contribution is 7.80. The third-order valence-electron chi connectivity index (χ3n) is 3.96. The van der Waals surface area contributed by atoms with Gasteiger partial charge in [0.1, 0.15) is 4.99 Å². The fraction of sp³-hybridized carbons (Fsp3) is 0.571. The van der Waals surface area contributed by atoms with Crippen molar-refractivity contribution in [3.05, 3.63) is 24.0 Å². The predicted octanol–water partition coefficient (Wildman–Crippen LogP) is 1.64. The largest absolute Gasteiger partial charge is 0.388 e. The van der Waals surface area contributed by atoms with Crippen molar-refractivity contribution in [2.24, 2.45) is 5.73 Å². The van der Waals surface area contributed by atoms with Gasteiger partial charge in [-0.1, -0.05) is 19.1 Å². The van der Waals surface area contributed by atoms with Crippen molar-refractivity contribution in [1.82, 2.24) is 9.88 Å². The van der Waals surface area contributed by atoms with Gasteiger partial charge in [0.05, 0.1) is 17.6 Å². The lowest BCUT2D eigenvalue weighted by atomic mass is 10.0. The van der Waals surface area contributed by atoms with E-state index < -0.39 is 0 Å². The summed E-state index contributed by atoms with van der Waals surface area (Å²) in [7, 11) is 2.14. The average Bonchev–Trinajstić information content (AvgIpc) is 2.46. The van der Waals surface area contributed by atoms with E-state index >= 15 is 0 Å². The summed E-state index contributed by atoms with van der Waals surface area (Å²) < 4.78 is 0. The Balaban J connectivity index is 1.99. The molecular weight excluding hydrogens is 256 g/mol. The molecule has 0 saturated carbocycles. The molecular formula is C14H22N4S. The van der Waals surface area contributed by atoms with Gasteiger partial charge in [0.15, 0.2) is 0 Å². The van der Waals surface area contributed by atoms with Crippen LogP contribution in [0.5, 0.6) is 0 Å². The molecule has 2 heterocycles. The Morgan fingerprint density at radius 2 is 2.16 bits per heavy atom. The number of piperidine rings is 1. The molecule has 104 valence electrons. The number of likely N-dealkylation sites (tertiary alicyclic amines) is 1. The molecule has 1 saturated heterocycles. The molecule has 0 atom stereocenters. The summed E-state index contributed by atoms with van der Waals surface area (Å²) in [6, 6.07) is 4.54. The fourth-order valence-electron chi connectivity index (χ4n) is 2.57. The zero-order valence-corrected chi connectivity index (χ0v) is 12.5. The molecule has 0 unspecified atom stereocenters. The van der Waals surface area contributed by atoms with E-state index in [1.165, 1.54) is 25.9 Å². The highest BCUT2D eigenvalue weighted by atomic mass is 32.1. The van der Waals surface area contributed by atoms with Crippen LogP contribution in [0.3, 0.4) is 0 Å². The minimum Gasteiger partial charge on any atom is -0.388 e. The normalized spacial score (nSPS) is 17.4. The van der Waals surface area contributed by atoms with E-state index in [1.54, 1.807) is 0 Å². The van der Waals surface area contributed by atoms with Gasteiger partial charge in [-0.25, -0.2) is 0 Å². The maximum absolute atomic E-state index is 5.56. The molecule has 0 aromatic carbocycles. The van der Waals surface area contributed by atoms with Crippen molar-refractivity contribution in [3.63, 3.8) is 0 Å². The summed E-state index contributed by atoms with van der Waals surface area (Å²) in [6.07, 6.45) is 4.28. The molecule has 1 aliphatic rings. The molecule has 4 nitrogen and oxygen atoms in total. The zero-order valence-electron chi connectivity index (χ0n) is 11.7. The third-order valence-corrected chi connectivity index (χ3v) is 4.17. The summed E-state index contributed by atoms with van der Waals surface area (Å²) in [6.45, 7) is 5.75. The van der Waals surface area contributed by atoms with Crippen LogP contribution in [-0.2, 0) is 0 Å². The van der Waals surface area contributed by atoms with Crippen LogP contribution in [-0.4, -0.2) is 47.6 Å². The molecule has 19 heavy (non-hydrogen) atoms. The smallest absolute Gasteiger partial charge is 0.122 e. The highest BCUT2D eigenvalue weighted by Gasteiger charge is 2.21. The Kier molecular flexibility index (Phi) is 4.71. The maximum Gasteiger partial charge on any atom is 0.122 e. The molecule has 2 rings (SSSR count). The maximum atomic E-state index is 5.56. The zero-order chi connectivity index (χ0) is 13.8. The third kappa shape index (κ3) is 3.42. The highest BCUT2D eigenvalue weighted by Crippen LogP contribution is 2.21.